The van der Waals surface area contributed by atoms with Crippen LogP contribution in [0, 0.1) is 0 Å². The number of hydrazone groups is 1. The van der Waals surface area contributed by atoms with Gasteiger partial charge >= 0.3 is 0 Å². The average molecular weight is 455 g/mol. The predicted octanol–water partition coefficient (Wildman–Crippen LogP) is 5.17. The van der Waals surface area contributed by atoms with Gasteiger partial charge in [-0.1, -0.05) is 34.1 Å². The van der Waals surface area contributed by atoms with Crippen molar-refractivity contribution in [1.29, 1.82) is 0 Å². The van der Waals surface area contributed by atoms with E-state index in [4.69, 9.17) is 14.2 Å². The molecule has 5 nitrogen and oxygen atoms in total. The molecule has 0 bridgehead atoms. The minimum Gasteiger partial charge on any atom is -0.493 e. The summed E-state index contributed by atoms with van der Waals surface area (Å²) in [6.45, 7) is 1.12. The quantitative estimate of drug-likeness (QED) is 0.357. The smallest absolute Gasteiger partial charge is 0.161 e. The van der Waals surface area contributed by atoms with E-state index in [9.17, 15) is 0 Å². The lowest BCUT2D eigenvalue weighted by Gasteiger charge is -2.09. The molecule has 6 heteroatoms. The molecule has 0 aliphatic heterocycles. The molecule has 0 saturated heterocycles. The van der Waals surface area contributed by atoms with Crippen molar-refractivity contribution in [2.24, 2.45) is 5.10 Å². The average Bonchev–Trinajstić information content (AvgIpc) is 2.77. The number of methoxy groups -OCH3 is 2. The third-order valence-corrected chi connectivity index (χ3v) is 4.76. The monoisotopic (exact) mass is 454 g/mol. The van der Waals surface area contributed by atoms with Gasteiger partial charge in [-0.25, -0.2) is 0 Å². The molecular weight excluding hydrogens is 432 g/mol. The lowest BCUT2D eigenvalue weighted by molar-refractivity contribution is 0.306. The van der Waals surface area contributed by atoms with Gasteiger partial charge in [-0.3, -0.25) is 0 Å². The van der Waals surface area contributed by atoms with Gasteiger partial charge in [-0.15, -0.1) is 0 Å². The number of benzene rings is 3. The van der Waals surface area contributed by atoms with Crippen molar-refractivity contribution >= 4 is 22.1 Å². The zero-order valence-corrected chi connectivity index (χ0v) is 18.0. The highest BCUT2D eigenvalue weighted by Crippen LogP contribution is 2.27. The number of nitrogens with zero attached hydrogens (tertiary/aromatic N) is 1. The summed E-state index contributed by atoms with van der Waals surface area (Å²) in [5, 5.41) is 4.27. The minimum absolute atomic E-state index is 0.535. The van der Waals surface area contributed by atoms with Crippen LogP contribution in [0.15, 0.2) is 76.3 Å². The third-order valence-electron chi connectivity index (χ3n) is 4.23. The molecule has 1 N–H and O–H groups in total. The van der Waals surface area contributed by atoms with E-state index in [0.717, 1.165) is 26.9 Å². The van der Waals surface area contributed by atoms with E-state index in [2.05, 4.69) is 26.5 Å². The predicted molar refractivity (Wildman–Crippen MR) is 119 cm³/mol. The standard InChI is InChI=1S/C23H23BrN2O3/c1-27-22-12-7-19(13-23(22)28-2)15-26-25-14-17-5-10-21(11-6-17)29-16-18-3-8-20(24)9-4-18/h3-14,26H,15-16H2,1-2H3/b25-14-. The number of rotatable bonds is 9. The third kappa shape index (κ3) is 6.26. The Bertz CT molecular complexity index is 941. The second-order valence-electron chi connectivity index (χ2n) is 6.27. The van der Waals surface area contributed by atoms with Crippen LogP contribution in [-0.4, -0.2) is 20.4 Å². The van der Waals surface area contributed by atoms with Crippen molar-refractivity contribution < 1.29 is 14.2 Å². The molecule has 0 aromatic heterocycles. The van der Waals surface area contributed by atoms with E-state index >= 15 is 0 Å². The molecule has 0 saturated carbocycles. The molecule has 0 spiro atoms. The molecule has 3 rings (SSSR count). The summed E-state index contributed by atoms with van der Waals surface area (Å²) in [6.07, 6.45) is 1.78. The molecule has 150 valence electrons. The Hall–Kier alpha value is -2.99. The van der Waals surface area contributed by atoms with Crippen molar-refractivity contribution in [3.05, 3.63) is 87.9 Å². The van der Waals surface area contributed by atoms with Crippen molar-refractivity contribution in [2.75, 3.05) is 14.2 Å². The van der Waals surface area contributed by atoms with Gasteiger partial charge in [0.25, 0.3) is 0 Å². The van der Waals surface area contributed by atoms with Crippen LogP contribution in [0.3, 0.4) is 0 Å². The number of hydrogen-bond acceptors (Lipinski definition) is 5. The maximum absolute atomic E-state index is 5.81. The Balaban J connectivity index is 1.48. The zero-order valence-electron chi connectivity index (χ0n) is 16.4. The first-order valence-corrected chi connectivity index (χ1v) is 9.91. The van der Waals surface area contributed by atoms with Crippen molar-refractivity contribution in [2.45, 2.75) is 13.2 Å². The molecule has 0 unspecified atom stereocenters. The lowest BCUT2D eigenvalue weighted by atomic mass is 10.2. The van der Waals surface area contributed by atoms with Crippen LogP contribution in [0.4, 0.5) is 0 Å². The van der Waals surface area contributed by atoms with E-state index in [1.165, 1.54) is 0 Å². The van der Waals surface area contributed by atoms with E-state index in [-0.39, 0.29) is 0 Å². The molecule has 0 aliphatic carbocycles. The largest absolute Gasteiger partial charge is 0.493 e. The summed E-state index contributed by atoms with van der Waals surface area (Å²) in [7, 11) is 3.25. The van der Waals surface area contributed by atoms with E-state index in [1.807, 2.05) is 66.7 Å². The van der Waals surface area contributed by atoms with Gasteiger partial charge in [0.2, 0.25) is 0 Å². The zero-order chi connectivity index (χ0) is 20.5. The molecule has 0 atom stereocenters. The van der Waals surface area contributed by atoms with Crippen molar-refractivity contribution in [3.63, 3.8) is 0 Å². The Morgan fingerprint density at radius 2 is 1.55 bits per heavy atom. The summed E-state index contributed by atoms with van der Waals surface area (Å²) >= 11 is 3.43. The molecule has 3 aromatic carbocycles. The van der Waals surface area contributed by atoms with E-state index in [1.54, 1.807) is 20.4 Å². The maximum atomic E-state index is 5.81. The van der Waals surface area contributed by atoms with Crippen LogP contribution in [0.1, 0.15) is 16.7 Å². The fourth-order valence-corrected chi connectivity index (χ4v) is 2.91. The molecule has 0 fully saturated rings. The molecule has 29 heavy (non-hydrogen) atoms. The minimum atomic E-state index is 0.535. The Kier molecular flexibility index (Phi) is 7.53. The molecule has 0 heterocycles. The van der Waals surface area contributed by atoms with E-state index < -0.39 is 0 Å². The highest BCUT2D eigenvalue weighted by molar-refractivity contribution is 9.10. The second-order valence-corrected chi connectivity index (χ2v) is 7.18. The summed E-state index contributed by atoms with van der Waals surface area (Å²) in [5.41, 5.74) is 6.21. The van der Waals surface area contributed by atoms with Crippen molar-refractivity contribution in [3.8, 4) is 17.2 Å². The first-order valence-electron chi connectivity index (χ1n) is 9.12. The lowest BCUT2D eigenvalue weighted by Crippen LogP contribution is -2.06. The number of ether oxygens (including phenoxy) is 3. The summed E-state index contributed by atoms with van der Waals surface area (Å²) in [5.74, 6) is 2.24. The summed E-state index contributed by atoms with van der Waals surface area (Å²) in [6, 6.07) is 21.7. The van der Waals surface area contributed by atoms with Crippen LogP contribution >= 0.6 is 15.9 Å². The number of nitrogens with one attached hydrogen (secondary N) is 1. The summed E-state index contributed by atoms with van der Waals surface area (Å²) < 4.78 is 17.4. The topological polar surface area (TPSA) is 52.1 Å². The van der Waals surface area contributed by atoms with Gasteiger partial charge in [-0.2, -0.15) is 5.10 Å². The highest BCUT2D eigenvalue weighted by atomic mass is 79.9. The molecular formula is C23H23BrN2O3. The summed E-state index contributed by atoms with van der Waals surface area (Å²) in [4.78, 5) is 0. The SMILES string of the molecule is COc1ccc(CN/N=C\c2ccc(OCc3ccc(Br)cc3)cc2)cc1OC. The van der Waals surface area contributed by atoms with Gasteiger partial charge in [-0.05, 0) is 65.2 Å². The van der Waals surface area contributed by atoms with Gasteiger partial charge in [0.1, 0.15) is 12.4 Å². The highest BCUT2D eigenvalue weighted by Gasteiger charge is 2.03. The maximum Gasteiger partial charge on any atom is 0.161 e. The molecule has 0 amide bonds. The molecule has 0 aliphatic rings. The van der Waals surface area contributed by atoms with Gasteiger partial charge in [0, 0.05) is 4.47 Å². The fourth-order valence-electron chi connectivity index (χ4n) is 2.65. The van der Waals surface area contributed by atoms with Crippen LogP contribution in [0.2, 0.25) is 0 Å². The molecule has 0 radical (unpaired) electrons. The Morgan fingerprint density at radius 3 is 2.24 bits per heavy atom. The Morgan fingerprint density at radius 1 is 0.862 bits per heavy atom. The van der Waals surface area contributed by atoms with E-state index in [0.29, 0.717) is 24.7 Å². The molecule has 3 aromatic rings. The van der Waals surface area contributed by atoms with Crippen LogP contribution < -0.4 is 19.6 Å². The normalized spacial score (nSPS) is 10.7. The number of halogens is 1. The van der Waals surface area contributed by atoms with Crippen LogP contribution in [0.5, 0.6) is 17.2 Å². The fraction of sp³-hybridized carbons (Fsp3) is 0.174. The second kappa shape index (κ2) is 10.5. The number of hydrogen-bond donors (Lipinski definition) is 1. The van der Waals surface area contributed by atoms with Crippen LogP contribution in [0.25, 0.3) is 0 Å². The Labute approximate surface area is 179 Å². The first kappa shape index (κ1) is 20.7. The van der Waals surface area contributed by atoms with Crippen molar-refractivity contribution in [1.82, 2.24) is 5.43 Å². The van der Waals surface area contributed by atoms with Gasteiger partial charge < -0.3 is 19.6 Å². The van der Waals surface area contributed by atoms with Crippen LogP contribution in [-0.2, 0) is 13.2 Å². The first-order chi connectivity index (χ1) is 14.2. The van der Waals surface area contributed by atoms with Gasteiger partial charge in [0.15, 0.2) is 11.5 Å². The van der Waals surface area contributed by atoms with Gasteiger partial charge in [0.05, 0.1) is 27.0 Å².